The lowest BCUT2D eigenvalue weighted by Crippen LogP contribution is -2.26. The number of hydrogen-bond donors (Lipinski definition) is 2. The van der Waals surface area contributed by atoms with E-state index in [2.05, 4.69) is 9.62 Å². The van der Waals surface area contributed by atoms with Gasteiger partial charge in [-0.25, -0.2) is 13.1 Å². The fraction of sp³-hybridized carbons (Fsp3) is 0.571. The highest BCUT2D eigenvalue weighted by atomic mass is 32.2. The Morgan fingerprint density at radius 1 is 1.29 bits per heavy atom. The maximum absolute atomic E-state index is 12.3. The molecule has 1 rings (SSSR count). The van der Waals surface area contributed by atoms with Gasteiger partial charge in [0.25, 0.3) is 0 Å². The van der Waals surface area contributed by atoms with Gasteiger partial charge in [-0.05, 0) is 51.2 Å². The molecule has 0 fully saturated rings. The molecule has 0 spiro atoms. The first kappa shape index (κ1) is 17.9. The van der Waals surface area contributed by atoms with Crippen LogP contribution in [0.2, 0.25) is 0 Å². The zero-order valence-electron chi connectivity index (χ0n) is 12.9. The molecule has 120 valence electrons. The molecule has 0 saturated carbocycles. The summed E-state index contributed by atoms with van der Waals surface area (Å²) < 4.78 is 32.4. The van der Waals surface area contributed by atoms with Crippen molar-refractivity contribution in [1.82, 2.24) is 9.62 Å². The smallest absolute Gasteiger partial charge is 0.244 e. The summed E-state index contributed by atoms with van der Waals surface area (Å²) >= 11 is 0. The number of ether oxygens (including phenoxy) is 1. The van der Waals surface area contributed by atoms with Gasteiger partial charge in [-0.15, -0.1) is 0 Å². The van der Waals surface area contributed by atoms with Crippen molar-refractivity contribution in [2.24, 2.45) is 5.73 Å². The fourth-order valence-electron chi connectivity index (χ4n) is 1.90. The lowest BCUT2D eigenvalue weighted by molar-refractivity contribution is 0.394. The highest BCUT2D eigenvalue weighted by Gasteiger charge is 2.19. The van der Waals surface area contributed by atoms with E-state index in [-0.39, 0.29) is 11.4 Å². The van der Waals surface area contributed by atoms with Crippen LogP contribution in [0.5, 0.6) is 5.75 Å². The molecule has 21 heavy (non-hydrogen) atoms. The molecule has 3 N–H and O–H groups in total. The minimum atomic E-state index is -3.58. The summed E-state index contributed by atoms with van der Waals surface area (Å²) in [6.45, 7) is 1.63. The van der Waals surface area contributed by atoms with Gasteiger partial charge < -0.3 is 15.4 Å². The number of hydrogen-bond acceptors (Lipinski definition) is 5. The molecule has 0 unspecified atom stereocenters. The number of nitrogens with one attached hydrogen (secondary N) is 1. The lowest BCUT2D eigenvalue weighted by Gasteiger charge is -2.13. The van der Waals surface area contributed by atoms with Crippen LogP contribution < -0.4 is 15.2 Å². The molecule has 0 saturated heterocycles. The Hall–Kier alpha value is -1.15. The van der Waals surface area contributed by atoms with Crippen LogP contribution in [0.3, 0.4) is 0 Å². The van der Waals surface area contributed by atoms with Crippen molar-refractivity contribution in [2.75, 3.05) is 34.3 Å². The number of rotatable bonds is 9. The van der Waals surface area contributed by atoms with Gasteiger partial charge in [0.15, 0.2) is 0 Å². The molecule has 0 atom stereocenters. The van der Waals surface area contributed by atoms with Crippen LogP contribution in [0.25, 0.3) is 0 Å². The van der Waals surface area contributed by atoms with Crippen LogP contribution in [-0.2, 0) is 16.6 Å². The Morgan fingerprint density at radius 3 is 2.57 bits per heavy atom. The molecule has 7 heteroatoms. The molecule has 0 aromatic heterocycles. The van der Waals surface area contributed by atoms with Crippen LogP contribution in [0.15, 0.2) is 23.1 Å². The van der Waals surface area contributed by atoms with E-state index in [4.69, 9.17) is 10.5 Å². The van der Waals surface area contributed by atoms with E-state index in [1.165, 1.54) is 7.11 Å². The molecule has 1 aromatic rings. The Labute approximate surface area is 127 Å². The van der Waals surface area contributed by atoms with Crippen LogP contribution in [0.1, 0.15) is 18.4 Å². The van der Waals surface area contributed by atoms with Gasteiger partial charge in [-0.1, -0.05) is 6.07 Å². The third-order valence-electron chi connectivity index (χ3n) is 3.08. The van der Waals surface area contributed by atoms with Crippen LogP contribution in [0, 0.1) is 0 Å². The van der Waals surface area contributed by atoms with Gasteiger partial charge in [-0.2, -0.15) is 0 Å². The summed E-state index contributed by atoms with van der Waals surface area (Å²) in [5, 5.41) is 0. The number of nitrogens with two attached hydrogens (primary N) is 1. The Kier molecular flexibility index (Phi) is 7.10. The van der Waals surface area contributed by atoms with Gasteiger partial charge in [0.1, 0.15) is 10.6 Å². The van der Waals surface area contributed by atoms with Crippen molar-refractivity contribution >= 4 is 10.0 Å². The number of sulfonamides is 1. The van der Waals surface area contributed by atoms with Crippen molar-refractivity contribution in [3.63, 3.8) is 0 Å². The van der Waals surface area contributed by atoms with E-state index in [0.29, 0.717) is 12.3 Å². The normalized spacial score (nSPS) is 11.9. The summed E-state index contributed by atoms with van der Waals surface area (Å²) in [6, 6.07) is 4.94. The maximum atomic E-state index is 12.3. The summed E-state index contributed by atoms with van der Waals surface area (Å²) in [5.41, 5.74) is 6.31. The predicted molar refractivity (Wildman–Crippen MR) is 83.9 cm³/mol. The second-order valence-electron chi connectivity index (χ2n) is 5.10. The Balaban J connectivity index is 2.73. The summed E-state index contributed by atoms with van der Waals surface area (Å²) in [4.78, 5) is 2.21. The standard InChI is InChI=1S/C14H25N3O3S/c1-17(2)9-5-4-8-16-21(18,19)14-10-12(11-15)6-7-13(14)20-3/h6-7,10,16H,4-5,8-9,11,15H2,1-3H3. The van der Waals surface area contributed by atoms with Crippen molar-refractivity contribution in [3.8, 4) is 5.75 Å². The summed E-state index contributed by atoms with van der Waals surface area (Å²) in [5.74, 6) is 0.327. The highest BCUT2D eigenvalue weighted by molar-refractivity contribution is 7.89. The first-order valence-electron chi connectivity index (χ1n) is 6.92. The van der Waals surface area contributed by atoms with Crippen molar-refractivity contribution < 1.29 is 13.2 Å². The van der Waals surface area contributed by atoms with E-state index in [1.54, 1.807) is 18.2 Å². The topological polar surface area (TPSA) is 84.7 Å². The molecule has 1 aromatic carbocycles. The minimum Gasteiger partial charge on any atom is -0.495 e. The van der Waals surface area contributed by atoms with E-state index in [9.17, 15) is 8.42 Å². The number of methoxy groups -OCH3 is 1. The maximum Gasteiger partial charge on any atom is 0.244 e. The molecule has 0 bridgehead atoms. The molecule has 0 radical (unpaired) electrons. The quantitative estimate of drug-likeness (QED) is 0.658. The molecular formula is C14H25N3O3S. The van der Waals surface area contributed by atoms with Crippen LogP contribution >= 0.6 is 0 Å². The Bertz CT molecular complexity index is 544. The van der Waals surface area contributed by atoms with Crippen molar-refractivity contribution in [1.29, 1.82) is 0 Å². The van der Waals surface area contributed by atoms with E-state index in [0.717, 1.165) is 24.9 Å². The van der Waals surface area contributed by atoms with Crippen LogP contribution in [0.4, 0.5) is 0 Å². The SMILES string of the molecule is COc1ccc(CN)cc1S(=O)(=O)NCCCCN(C)C. The van der Waals surface area contributed by atoms with Crippen LogP contribution in [-0.4, -0.2) is 47.6 Å². The number of nitrogens with zero attached hydrogens (tertiary/aromatic N) is 1. The first-order valence-corrected chi connectivity index (χ1v) is 8.40. The molecule has 0 aliphatic carbocycles. The summed E-state index contributed by atoms with van der Waals surface area (Å²) in [7, 11) is 1.86. The molecule has 0 aliphatic heterocycles. The lowest BCUT2D eigenvalue weighted by atomic mass is 10.2. The zero-order chi connectivity index (χ0) is 15.9. The van der Waals surface area contributed by atoms with Gasteiger partial charge >= 0.3 is 0 Å². The van der Waals surface area contributed by atoms with E-state index < -0.39 is 10.0 Å². The summed E-state index contributed by atoms with van der Waals surface area (Å²) in [6.07, 6.45) is 1.73. The third-order valence-corrected chi connectivity index (χ3v) is 4.56. The zero-order valence-corrected chi connectivity index (χ0v) is 13.7. The largest absolute Gasteiger partial charge is 0.495 e. The molecule has 0 aliphatic rings. The van der Waals surface area contributed by atoms with Gasteiger partial charge in [-0.3, -0.25) is 0 Å². The monoisotopic (exact) mass is 315 g/mol. The van der Waals surface area contributed by atoms with Crippen molar-refractivity contribution in [3.05, 3.63) is 23.8 Å². The minimum absolute atomic E-state index is 0.139. The van der Waals surface area contributed by atoms with Gasteiger partial charge in [0.2, 0.25) is 10.0 Å². The predicted octanol–water partition coefficient (Wildman–Crippen LogP) is 0.774. The number of benzene rings is 1. The second kappa shape index (κ2) is 8.33. The second-order valence-corrected chi connectivity index (χ2v) is 6.83. The third kappa shape index (κ3) is 5.62. The first-order chi connectivity index (χ1) is 9.90. The molecule has 0 amide bonds. The highest BCUT2D eigenvalue weighted by Crippen LogP contribution is 2.24. The van der Waals surface area contributed by atoms with Crippen molar-refractivity contribution in [2.45, 2.75) is 24.3 Å². The molecular weight excluding hydrogens is 290 g/mol. The fourth-order valence-corrected chi connectivity index (χ4v) is 3.19. The molecule has 0 heterocycles. The van der Waals surface area contributed by atoms with Gasteiger partial charge in [0.05, 0.1) is 7.11 Å². The Morgan fingerprint density at radius 2 is 2.00 bits per heavy atom. The van der Waals surface area contributed by atoms with E-state index in [1.807, 2.05) is 14.1 Å². The average molecular weight is 315 g/mol. The average Bonchev–Trinajstić information content (AvgIpc) is 2.45. The number of unbranched alkanes of at least 4 members (excludes halogenated alkanes) is 1. The van der Waals surface area contributed by atoms with Gasteiger partial charge in [0, 0.05) is 13.1 Å². The van der Waals surface area contributed by atoms with E-state index >= 15 is 0 Å². The molecule has 6 nitrogen and oxygen atoms in total.